The van der Waals surface area contributed by atoms with E-state index in [1.807, 2.05) is 13.0 Å². The predicted molar refractivity (Wildman–Crippen MR) is 91.5 cm³/mol. The largest absolute Gasteiger partial charge is 0.360 e. The maximum atomic E-state index is 12.9. The van der Waals surface area contributed by atoms with E-state index in [0.717, 1.165) is 31.0 Å². The number of hydrogen-bond donors (Lipinski definition) is 0. The monoisotopic (exact) mass is 356 g/mol. The second-order valence-corrected chi connectivity index (χ2v) is 9.31. The van der Waals surface area contributed by atoms with Crippen molar-refractivity contribution in [1.29, 1.82) is 0 Å². The van der Waals surface area contributed by atoms with Crippen molar-refractivity contribution in [3.63, 3.8) is 0 Å². The van der Waals surface area contributed by atoms with E-state index in [0.29, 0.717) is 44.6 Å². The number of piperazine rings is 1. The zero-order chi connectivity index (χ0) is 17.3. The zero-order valence-electron chi connectivity index (χ0n) is 14.8. The van der Waals surface area contributed by atoms with Crippen LogP contribution >= 0.6 is 0 Å². The molecule has 0 spiro atoms. The predicted octanol–water partition coefficient (Wildman–Crippen LogP) is 1.32. The first-order chi connectivity index (χ1) is 11.3. The van der Waals surface area contributed by atoms with E-state index in [-0.39, 0.29) is 0 Å². The number of aryl methyl sites for hydroxylation is 1. The van der Waals surface area contributed by atoms with E-state index < -0.39 is 10.2 Å². The van der Waals surface area contributed by atoms with Crippen molar-refractivity contribution in [3.8, 4) is 0 Å². The third kappa shape index (κ3) is 3.99. The van der Waals surface area contributed by atoms with Crippen LogP contribution in [0.3, 0.4) is 0 Å². The Hall–Kier alpha value is -0.960. The van der Waals surface area contributed by atoms with Gasteiger partial charge in [-0.25, -0.2) is 0 Å². The Morgan fingerprint density at radius 1 is 1.12 bits per heavy atom. The van der Waals surface area contributed by atoms with E-state index in [9.17, 15) is 8.42 Å². The molecule has 2 saturated heterocycles. The molecular weight excluding hydrogens is 328 g/mol. The third-order valence-corrected chi connectivity index (χ3v) is 6.84. The summed E-state index contributed by atoms with van der Waals surface area (Å²) in [5, 5.41) is 3.90. The third-order valence-electron chi connectivity index (χ3n) is 4.88. The van der Waals surface area contributed by atoms with Crippen LogP contribution in [-0.4, -0.2) is 66.4 Å². The van der Waals surface area contributed by atoms with Crippen LogP contribution in [0.1, 0.15) is 31.7 Å². The number of rotatable bonds is 4. The normalized spacial score (nSPS) is 28.3. The summed E-state index contributed by atoms with van der Waals surface area (Å²) in [6.07, 6.45) is 1.11. The lowest BCUT2D eigenvalue weighted by molar-refractivity contribution is 0.152. The molecule has 1 aromatic rings. The van der Waals surface area contributed by atoms with Crippen molar-refractivity contribution in [1.82, 2.24) is 18.7 Å². The number of hydrogen-bond acceptors (Lipinski definition) is 5. The van der Waals surface area contributed by atoms with Gasteiger partial charge in [-0.05, 0) is 25.2 Å². The van der Waals surface area contributed by atoms with Crippen molar-refractivity contribution in [2.45, 2.75) is 33.7 Å². The minimum Gasteiger partial charge on any atom is -0.360 e. The number of aromatic nitrogens is 1. The Morgan fingerprint density at radius 2 is 1.75 bits per heavy atom. The molecule has 2 fully saturated rings. The summed E-state index contributed by atoms with van der Waals surface area (Å²) < 4.78 is 34.4. The Kier molecular flexibility index (Phi) is 5.29. The van der Waals surface area contributed by atoms with Crippen molar-refractivity contribution in [3.05, 3.63) is 17.5 Å². The maximum Gasteiger partial charge on any atom is 0.282 e. The van der Waals surface area contributed by atoms with Crippen LogP contribution in [0, 0.1) is 18.8 Å². The van der Waals surface area contributed by atoms with Gasteiger partial charge in [-0.2, -0.15) is 17.0 Å². The summed E-state index contributed by atoms with van der Waals surface area (Å²) in [5.74, 6) is 1.70. The van der Waals surface area contributed by atoms with Crippen molar-refractivity contribution >= 4 is 10.2 Å². The molecule has 0 saturated carbocycles. The van der Waals surface area contributed by atoms with Gasteiger partial charge < -0.3 is 4.52 Å². The number of piperidine rings is 1. The Bertz CT molecular complexity index is 642. The molecular formula is C16H28N4O3S. The van der Waals surface area contributed by atoms with Crippen LogP contribution in [0.5, 0.6) is 0 Å². The fraction of sp³-hybridized carbons (Fsp3) is 0.812. The van der Waals surface area contributed by atoms with Gasteiger partial charge in [-0.3, -0.25) is 4.90 Å². The van der Waals surface area contributed by atoms with Crippen LogP contribution in [0.15, 0.2) is 10.6 Å². The molecule has 24 heavy (non-hydrogen) atoms. The molecule has 3 rings (SSSR count). The molecule has 2 atom stereocenters. The molecule has 3 heterocycles. The molecule has 1 aromatic heterocycles. The average Bonchev–Trinajstić information content (AvgIpc) is 2.92. The molecule has 2 aliphatic rings. The number of nitrogens with zero attached hydrogens (tertiary/aromatic N) is 4. The Labute approximate surface area is 144 Å². The molecule has 7 nitrogen and oxygen atoms in total. The minimum atomic E-state index is -3.34. The molecule has 0 bridgehead atoms. The maximum absolute atomic E-state index is 12.9. The summed E-state index contributed by atoms with van der Waals surface area (Å²) >= 11 is 0. The van der Waals surface area contributed by atoms with E-state index in [1.165, 1.54) is 0 Å². The van der Waals surface area contributed by atoms with Crippen LogP contribution in [0.25, 0.3) is 0 Å². The molecule has 0 aromatic carbocycles. The van der Waals surface area contributed by atoms with Crippen LogP contribution in [0.2, 0.25) is 0 Å². The average molecular weight is 356 g/mol. The SMILES string of the molecule is Cc1cc(CN2CCN(S(=O)(=O)N3CC(C)CC(C)C3)CC2)on1. The van der Waals surface area contributed by atoms with Crippen molar-refractivity contribution in [2.24, 2.45) is 11.8 Å². The van der Waals surface area contributed by atoms with Gasteiger partial charge in [-0.1, -0.05) is 19.0 Å². The molecule has 2 aliphatic heterocycles. The van der Waals surface area contributed by atoms with Crippen molar-refractivity contribution in [2.75, 3.05) is 39.3 Å². The highest BCUT2D eigenvalue weighted by Crippen LogP contribution is 2.25. The summed E-state index contributed by atoms with van der Waals surface area (Å²) in [4.78, 5) is 2.22. The van der Waals surface area contributed by atoms with Gasteiger partial charge in [0, 0.05) is 45.3 Å². The van der Waals surface area contributed by atoms with Gasteiger partial charge in [0.25, 0.3) is 10.2 Å². The van der Waals surface area contributed by atoms with Gasteiger partial charge in [0.2, 0.25) is 0 Å². The van der Waals surface area contributed by atoms with E-state index in [2.05, 4.69) is 23.9 Å². The van der Waals surface area contributed by atoms with Crippen LogP contribution in [0.4, 0.5) is 0 Å². The van der Waals surface area contributed by atoms with E-state index in [4.69, 9.17) is 4.52 Å². The van der Waals surface area contributed by atoms with Gasteiger partial charge in [0.15, 0.2) is 5.76 Å². The molecule has 0 N–H and O–H groups in total. The first kappa shape index (κ1) is 17.8. The summed E-state index contributed by atoms with van der Waals surface area (Å²) in [7, 11) is -3.34. The second kappa shape index (κ2) is 7.11. The molecule has 0 aliphatic carbocycles. The van der Waals surface area contributed by atoms with Crippen LogP contribution < -0.4 is 0 Å². The molecule has 136 valence electrons. The highest BCUT2D eigenvalue weighted by Gasteiger charge is 2.36. The molecule has 0 radical (unpaired) electrons. The zero-order valence-corrected chi connectivity index (χ0v) is 15.6. The standard InChI is InChI=1S/C16H28N4O3S/c1-13-8-14(2)11-20(10-13)24(21,22)19-6-4-18(5-7-19)12-16-9-15(3)17-23-16/h9,13-14H,4-8,10-12H2,1-3H3. The van der Waals surface area contributed by atoms with Crippen molar-refractivity contribution < 1.29 is 12.9 Å². The molecule has 8 heteroatoms. The molecule has 0 amide bonds. The molecule has 2 unspecified atom stereocenters. The smallest absolute Gasteiger partial charge is 0.282 e. The van der Waals surface area contributed by atoms with E-state index in [1.54, 1.807) is 8.61 Å². The summed E-state index contributed by atoms with van der Waals surface area (Å²) in [5.41, 5.74) is 0.875. The highest BCUT2D eigenvalue weighted by atomic mass is 32.2. The van der Waals surface area contributed by atoms with Crippen LogP contribution in [-0.2, 0) is 16.8 Å². The topological polar surface area (TPSA) is 69.9 Å². The fourth-order valence-electron chi connectivity index (χ4n) is 3.79. The fourth-order valence-corrected chi connectivity index (χ4v) is 5.62. The Balaban J connectivity index is 1.57. The summed E-state index contributed by atoms with van der Waals surface area (Å²) in [6.45, 7) is 10.7. The lowest BCUT2D eigenvalue weighted by Gasteiger charge is -2.40. The van der Waals surface area contributed by atoms with Gasteiger partial charge in [-0.15, -0.1) is 0 Å². The van der Waals surface area contributed by atoms with Gasteiger partial charge in [0.05, 0.1) is 12.2 Å². The first-order valence-electron chi connectivity index (χ1n) is 8.74. The Morgan fingerprint density at radius 3 is 2.29 bits per heavy atom. The minimum absolute atomic E-state index is 0.430. The highest BCUT2D eigenvalue weighted by molar-refractivity contribution is 7.86. The van der Waals surface area contributed by atoms with Gasteiger partial charge in [0.1, 0.15) is 0 Å². The quantitative estimate of drug-likeness (QED) is 0.814. The summed E-state index contributed by atoms with van der Waals surface area (Å²) in [6, 6.07) is 1.93. The van der Waals surface area contributed by atoms with E-state index >= 15 is 0 Å². The lowest BCUT2D eigenvalue weighted by atomic mass is 9.94. The first-order valence-corrected chi connectivity index (χ1v) is 10.1. The lowest BCUT2D eigenvalue weighted by Crippen LogP contribution is -2.55. The van der Waals surface area contributed by atoms with Gasteiger partial charge >= 0.3 is 0 Å². The second-order valence-electron chi connectivity index (χ2n) is 7.38.